The van der Waals surface area contributed by atoms with E-state index in [2.05, 4.69) is 14.6 Å². The van der Waals surface area contributed by atoms with Crippen molar-refractivity contribution < 1.29 is 9.59 Å². The lowest BCUT2D eigenvalue weighted by atomic mass is 9.85. The number of aromatic nitrogens is 4. The Hall–Kier alpha value is -2.64. The van der Waals surface area contributed by atoms with Gasteiger partial charge >= 0.3 is 0 Å². The fourth-order valence-electron chi connectivity index (χ4n) is 4.23. The molecule has 0 spiro atoms. The number of hydrogen-bond donors (Lipinski definition) is 0. The van der Waals surface area contributed by atoms with Gasteiger partial charge in [0.05, 0.1) is 36.2 Å². The van der Waals surface area contributed by atoms with Crippen LogP contribution in [0.2, 0.25) is 0 Å². The number of rotatable bonds is 3. The lowest BCUT2D eigenvalue weighted by Crippen LogP contribution is -2.50. The van der Waals surface area contributed by atoms with Crippen LogP contribution in [0.4, 0.5) is 0 Å². The number of piperidine rings is 1. The van der Waals surface area contributed by atoms with E-state index >= 15 is 0 Å². The molecule has 0 N–H and O–H groups in total. The maximum Gasteiger partial charge on any atom is 0.228 e. The lowest BCUT2D eigenvalue weighted by Gasteiger charge is -2.42. The molecular formula is C18H24N6O2. The van der Waals surface area contributed by atoms with Gasteiger partial charge in [-0.25, -0.2) is 4.98 Å². The van der Waals surface area contributed by atoms with Crippen molar-refractivity contribution in [2.45, 2.75) is 38.9 Å². The van der Waals surface area contributed by atoms with Crippen LogP contribution in [0.5, 0.6) is 0 Å². The highest BCUT2D eigenvalue weighted by Gasteiger charge is 2.43. The second-order valence-electron chi connectivity index (χ2n) is 6.99. The third-order valence-electron chi connectivity index (χ3n) is 5.60. The minimum Gasteiger partial charge on any atom is -0.335 e. The van der Waals surface area contributed by atoms with E-state index in [0.29, 0.717) is 32.5 Å². The van der Waals surface area contributed by atoms with E-state index < -0.39 is 0 Å². The third kappa shape index (κ3) is 2.69. The van der Waals surface area contributed by atoms with Crippen LogP contribution in [0.3, 0.4) is 0 Å². The molecule has 1 fully saturated rings. The molecule has 138 valence electrons. The first-order valence-electron chi connectivity index (χ1n) is 9.15. The van der Waals surface area contributed by atoms with Gasteiger partial charge in [-0.3, -0.25) is 14.3 Å². The number of carbonyl (C=O) groups excluding carboxylic acids is 2. The first-order chi connectivity index (χ1) is 12.6. The molecule has 0 aromatic carbocycles. The van der Waals surface area contributed by atoms with Gasteiger partial charge in [0, 0.05) is 45.5 Å². The Morgan fingerprint density at radius 1 is 1.35 bits per heavy atom. The van der Waals surface area contributed by atoms with Gasteiger partial charge in [0.1, 0.15) is 0 Å². The van der Waals surface area contributed by atoms with Crippen molar-refractivity contribution in [3.05, 3.63) is 36.2 Å². The van der Waals surface area contributed by atoms with Crippen LogP contribution in [0.15, 0.2) is 24.8 Å². The maximum absolute atomic E-state index is 13.4. The van der Waals surface area contributed by atoms with Crippen molar-refractivity contribution in [3.63, 3.8) is 0 Å². The summed E-state index contributed by atoms with van der Waals surface area (Å²) in [6.07, 6.45) is 6.36. The van der Waals surface area contributed by atoms with E-state index in [-0.39, 0.29) is 23.8 Å². The summed E-state index contributed by atoms with van der Waals surface area (Å²) in [5.74, 6) is -0.00779. The van der Waals surface area contributed by atoms with E-state index in [1.165, 1.54) is 0 Å². The van der Waals surface area contributed by atoms with Crippen molar-refractivity contribution in [2.75, 3.05) is 13.1 Å². The number of imidazole rings is 1. The van der Waals surface area contributed by atoms with Crippen molar-refractivity contribution in [1.82, 2.24) is 29.1 Å². The molecule has 4 heterocycles. The van der Waals surface area contributed by atoms with E-state index in [4.69, 9.17) is 0 Å². The predicted octanol–water partition coefficient (Wildman–Crippen LogP) is 0.959. The van der Waals surface area contributed by atoms with Gasteiger partial charge in [-0.15, -0.1) is 0 Å². The average molecular weight is 356 g/mol. The molecule has 0 unspecified atom stereocenters. The SMILES string of the molecule is CCN1C(=O)CC[C@H](C(=O)N2CCn3cncc3C2)[C@H]1c1ccnn1C. The number of aryl methyl sites for hydroxylation is 1. The molecule has 26 heavy (non-hydrogen) atoms. The van der Waals surface area contributed by atoms with Crippen molar-refractivity contribution in [2.24, 2.45) is 13.0 Å². The number of fused-ring (bicyclic) bond motifs is 1. The van der Waals surface area contributed by atoms with Gasteiger partial charge in [0.15, 0.2) is 0 Å². The summed E-state index contributed by atoms with van der Waals surface area (Å²) in [4.78, 5) is 33.8. The van der Waals surface area contributed by atoms with E-state index in [9.17, 15) is 9.59 Å². The summed E-state index contributed by atoms with van der Waals surface area (Å²) in [7, 11) is 1.86. The number of likely N-dealkylation sites (tertiary alicyclic amines) is 1. The zero-order valence-electron chi connectivity index (χ0n) is 15.2. The smallest absolute Gasteiger partial charge is 0.228 e. The second-order valence-corrected chi connectivity index (χ2v) is 6.99. The summed E-state index contributed by atoms with van der Waals surface area (Å²) >= 11 is 0. The highest BCUT2D eigenvalue weighted by Crippen LogP contribution is 2.37. The molecule has 0 bridgehead atoms. The largest absolute Gasteiger partial charge is 0.335 e. The normalized spacial score (nSPS) is 23.2. The van der Waals surface area contributed by atoms with Crippen LogP contribution >= 0.6 is 0 Å². The highest BCUT2D eigenvalue weighted by molar-refractivity contribution is 5.85. The molecule has 8 heteroatoms. The molecule has 2 atom stereocenters. The van der Waals surface area contributed by atoms with Crippen LogP contribution in [0.25, 0.3) is 0 Å². The Kier molecular flexibility index (Phi) is 4.26. The van der Waals surface area contributed by atoms with Gasteiger partial charge in [0.25, 0.3) is 0 Å². The van der Waals surface area contributed by atoms with Crippen LogP contribution in [0, 0.1) is 5.92 Å². The number of nitrogens with zero attached hydrogens (tertiary/aromatic N) is 6. The molecule has 2 aromatic rings. The van der Waals surface area contributed by atoms with Crippen molar-refractivity contribution in [3.8, 4) is 0 Å². The molecule has 2 aromatic heterocycles. The zero-order chi connectivity index (χ0) is 18.3. The molecule has 0 aliphatic carbocycles. The minimum atomic E-state index is -0.256. The molecule has 8 nitrogen and oxygen atoms in total. The topological polar surface area (TPSA) is 76.3 Å². The summed E-state index contributed by atoms with van der Waals surface area (Å²) in [6.45, 7) is 4.57. The van der Waals surface area contributed by atoms with Crippen molar-refractivity contribution in [1.29, 1.82) is 0 Å². The maximum atomic E-state index is 13.4. The first kappa shape index (κ1) is 16.8. The Morgan fingerprint density at radius 2 is 2.19 bits per heavy atom. The van der Waals surface area contributed by atoms with Crippen LogP contribution in [-0.4, -0.2) is 54.0 Å². The molecule has 2 amide bonds. The summed E-state index contributed by atoms with van der Waals surface area (Å²) < 4.78 is 3.86. The fourth-order valence-corrected chi connectivity index (χ4v) is 4.23. The number of carbonyl (C=O) groups is 2. The zero-order valence-corrected chi connectivity index (χ0v) is 15.2. The Labute approximate surface area is 152 Å². The average Bonchev–Trinajstić information content (AvgIpc) is 3.28. The monoisotopic (exact) mass is 356 g/mol. The lowest BCUT2D eigenvalue weighted by molar-refractivity contribution is -0.149. The Bertz CT molecular complexity index is 825. The van der Waals surface area contributed by atoms with Crippen LogP contribution in [-0.2, 0) is 29.7 Å². The number of hydrogen-bond acceptors (Lipinski definition) is 4. The van der Waals surface area contributed by atoms with Gasteiger partial charge in [-0.1, -0.05) is 0 Å². The Morgan fingerprint density at radius 3 is 2.92 bits per heavy atom. The van der Waals surface area contributed by atoms with E-state index in [0.717, 1.165) is 17.9 Å². The quantitative estimate of drug-likeness (QED) is 0.821. The highest BCUT2D eigenvalue weighted by atomic mass is 16.2. The number of amides is 2. The second kappa shape index (κ2) is 6.59. The Balaban J connectivity index is 1.64. The van der Waals surface area contributed by atoms with Crippen LogP contribution in [0.1, 0.15) is 37.2 Å². The fraction of sp³-hybridized carbons (Fsp3) is 0.556. The third-order valence-corrected chi connectivity index (χ3v) is 5.60. The molecular weight excluding hydrogens is 332 g/mol. The molecule has 0 radical (unpaired) electrons. The van der Waals surface area contributed by atoms with E-state index in [1.54, 1.807) is 10.9 Å². The van der Waals surface area contributed by atoms with E-state index in [1.807, 2.05) is 42.4 Å². The molecule has 4 rings (SSSR count). The van der Waals surface area contributed by atoms with Gasteiger partial charge < -0.3 is 14.4 Å². The molecule has 1 saturated heterocycles. The van der Waals surface area contributed by atoms with Gasteiger partial charge in [-0.2, -0.15) is 5.10 Å². The van der Waals surface area contributed by atoms with Crippen molar-refractivity contribution >= 4 is 11.8 Å². The van der Waals surface area contributed by atoms with Gasteiger partial charge in [-0.05, 0) is 19.4 Å². The van der Waals surface area contributed by atoms with Gasteiger partial charge in [0.2, 0.25) is 11.8 Å². The summed E-state index contributed by atoms with van der Waals surface area (Å²) in [5, 5.41) is 4.26. The standard InChI is InChI=1S/C18H24N6O2/c1-3-24-16(25)5-4-14(17(24)15-6-7-20-21(15)2)18(26)22-8-9-23-12-19-10-13(23)11-22/h6-7,10,12,14,17H,3-5,8-9,11H2,1-2H3/t14-,17-/m0/s1. The molecule has 2 aliphatic rings. The summed E-state index contributed by atoms with van der Waals surface area (Å²) in [6, 6.07) is 1.66. The minimum absolute atomic E-state index is 0.111. The first-order valence-corrected chi connectivity index (χ1v) is 9.15. The summed E-state index contributed by atoms with van der Waals surface area (Å²) in [5.41, 5.74) is 1.97. The van der Waals surface area contributed by atoms with Crippen LogP contribution < -0.4 is 0 Å². The molecule has 0 saturated carbocycles. The molecule has 2 aliphatic heterocycles. The predicted molar refractivity (Wildman–Crippen MR) is 93.7 cm³/mol.